The maximum Gasteiger partial charge on any atom is 0.315 e. The Morgan fingerprint density at radius 1 is 1.04 bits per heavy atom. The van der Waals surface area contributed by atoms with Gasteiger partial charge in [-0.05, 0) is 31.2 Å². The Balaban J connectivity index is 1.44. The van der Waals surface area contributed by atoms with Gasteiger partial charge in [0.1, 0.15) is 0 Å². The Labute approximate surface area is 160 Å². The monoisotopic (exact) mass is 371 g/mol. The van der Waals surface area contributed by atoms with E-state index >= 15 is 0 Å². The molecule has 0 aromatic heterocycles. The summed E-state index contributed by atoms with van der Waals surface area (Å²) in [6.45, 7) is 0.357. The number of aliphatic hydroxyl groups is 1. The van der Waals surface area contributed by atoms with Crippen molar-refractivity contribution in [3.8, 4) is 0 Å². The molecule has 3 amide bonds. The summed E-state index contributed by atoms with van der Waals surface area (Å²) in [6.07, 6.45) is 6.30. The van der Waals surface area contributed by atoms with Gasteiger partial charge in [0.15, 0.2) is 0 Å². The van der Waals surface area contributed by atoms with Crippen molar-refractivity contribution in [2.24, 2.45) is 5.92 Å². The van der Waals surface area contributed by atoms with Crippen LogP contribution in [-0.2, 0) is 4.79 Å². The van der Waals surface area contributed by atoms with Crippen molar-refractivity contribution >= 4 is 11.9 Å². The average molecular weight is 371 g/mol. The molecule has 0 bridgehead atoms. The lowest BCUT2D eigenvalue weighted by molar-refractivity contribution is -0.151. The Morgan fingerprint density at radius 3 is 2.37 bits per heavy atom. The molecule has 3 atom stereocenters. The first-order chi connectivity index (χ1) is 13.2. The van der Waals surface area contributed by atoms with Gasteiger partial charge in [-0.25, -0.2) is 4.79 Å². The van der Waals surface area contributed by atoms with Crippen LogP contribution in [0.25, 0.3) is 0 Å². The topological polar surface area (TPSA) is 81.7 Å². The zero-order chi connectivity index (χ0) is 18.8. The minimum Gasteiger partial charge on any atom is -0.394 e. The van der Waals surface area contributed by atoms with Crippen LogP contribution >= 0.6 is 0 Å². The first kappa shape index (κ1) is 18.3. The van der Waals surface area contributed by atoms with Gasteiger partial charge < -0.3 is 20.6 Å². The molecule has 0 unspecified atom stereocenters. The molecule has 0 radical (unpaired) electrons. The molecule has 27 heavy (non-hydrogen) atoms. The number of likely N-dealkylation sites (tertiary alicyclic amines) is 1. The first-order valence-electron chi connectivity index (χ1n) is 10.2. The number of nitrogens with one attached hydrogen (secondary N) is 2. The van der Waals surface area contributed by atoms with Crippen LogP contribution in [0.2, 0.25) is 0 Å². The minimum atomic E-state index is -0.204. The predicted octanol–water partition coefficient (Wildman–Crippen LogP) is 1.99. The number of rotatable bonds is 6. The predicted molar refractivity (Wildman–Crippen MR) is 102 cm³/mol. The summed E-state index contributed by atoms with van der Waals surface area (Å²) < 4.78 is 0. The molecule has 146 valence electrons. The second-order valence-electron chi connectivity index (χ2n) is 8.11. The van der Waals surface area contributed by atoms with Gasteiger partial charge >= 0.3 is 6.03 Å². The highest BCUT2D eigenvalue weighted by Crippen LogP contribution is 2.44. The molecule has 6 nitrogen and oxygen atoms in total. The van der Waals surface area contributed by atoms with E-state index in [4.69, 9.17) is 0 Å². The third-order valence-corrected chi connectivity index (χ3v) is 6.26. The van der Waals surface area contributed by atoms with Crippen LogP contribution in [0.4, 0.5) is 4.79 Å². The zero-order valence-electron chi connectivity index (χ0n) is 15.6. The van der Waals surface area contributed by atoms with E-state index in [1.165, 1.54) is 12.8 Å². The molecule has 3 fully saturated rings. The lowest BCUT2D eigenvalue weighted by atomic mass is 9.74. The molecule has 1 aliphatic heterocycles. The smallest absolute Gasteiger partial charge is 0.315 e. The summed E-state index contributed by atoms with van der Waals surface area (Å²) in [5.74, 6) is 0.278. The number of aliphatic hydroxyl groups excluding tert-OH is 1. The normalized spacial score (nSPS) is 27.9. The second-order valence-corrected chi connectivity index (χ2v) is 8.11. The first-order valence-corrected chi connectivity index (χ1v) is 10.2. The van der Waals surface area contributed by atoms with Crippen LogP contribution in [0.15, 0.2) is 30.3 Å². The van der Waals surface area contributed by atoms with Crippen LogP contribution in [-0.4, -0.2) is 53.2 Å². The van der Waals surface area contributed by atoms with E-state index < -0.39 is 0 Å². The number of carbonyl (C=O) groups is 2. The van der Waals surface area contributed by atoms with Gasteiger partial charge in [-0.15, -0.1) is 0 Å². The fourth-order valence-corrected chi connectivity index (χ4v) is 4.67. The average Bonchev–Trinajstić information content (AvgIpc) is 3.40. The summed E-state index contributed by atoms with van der Waals surface area (Å²) in [7, 11) is 0. The van der Waals surface area contributed by atoms with Gasteiger partial charge in [-0.3, -0.25) is 4.79 Å². The highest BCUT2D eigenvalue weighted by molar-refractivity contribution is 5.83. The molecule has 0 spiro atoms. The number of benzene rings is 1. The van der Waals surface area contributed by atoms with E-state index in [0.717, 1.165) is 31.2 Å². The summed E-state index contributed by atoms with van der Waals surface area (Å²) in [4.78, 5) is 26.9. The SMILES string of the molecule is O=C(NC[C@H]1[C@H](c2ccccc2)[C@@H](CO)N1C(=O)C1CC1)NC1CCCC1. The van der Waals surface area contributed by atoms with Crippen LogP contribution in [0, 0.1) is 5.92 Å². The van der Waals surface area contributed by atoms with E-state index in [1.807, 2.05) is 35.2 Å². The fraction of sp³-hybridized carbons (Fsp3) is 0.619. The summed E-state index contributed by atoms with van der Waals surface area (Å²) in [5.41, 5.74) is 1.11. The second kappa shape index (κ2) is 7.89. The van der Waals surface area contributed by atoms with Crippen LogP contribution in [0.5, 0.6) is 0 Å². The summed E-state index contributed by atoms with van der Waals surface area (Å²) in [6, 6.07) is 9.81. The Morgan fingerprint density at radius 2 is 1.74 bits per heavy atom. The van der Waals surface area contributed by atoms with Crippen LogP contribution in [0.3, 0.4) is 0 Å². The number of carbonyl (C=O) groups excluding carboxylic acids is 2. The van der Waals surface area contributed by atoms with E-state index in [0.29, 0.717) is 6.54 Å². The number of hydrogen-bond acceptors (Lipinski definition) is 3. The largest absolute Gasteiger partial charge is 0.394 e. The van der Waals surface area contributed by atoms with E-state index in [9.17, 15) is 14.7 Å². The molecule has 1 saturated heterocycles. The highest BCUT2D eigenvalue weighted by atomic mass is 16.3. The van der Waals surface area contributed by atoms with Crippen molar-refractivity contribution in [2.75, 3.05) is 13.2 Å². The molecule has 6 heteroatoms. The maximum atomic E-state index is 12.8. The molecular weight excluding hydrogens is 342 g/mol. The molecule has 3 N–H and O–H groups in total. The van der Waals surface area contributed by atoms with Gasteiger partial charge in [0.25, 0.3) is 0 Å². The van der Waals surface area contributed by atoms with Gasteiger partial charge in [-0.1, -0.05) is 43.2 Å². The molecule has 1 aromatic carbocycles. The summed E-state index contributed by atoms with van der Waals surface area (Å²) in [5, 5.41) is 15.9. The van der Waals surface area contributed by atoms with Crippen molar-refractivity contribution in [3.63, 3.8) is 0 Å². The fourth-order valence-electron chi connectivity index (χ4n) is 4.67. The van der Waals surface area contributed by atoms with Crippen molar-refractivity contribution < 1.29 is 14.7 Å². The maximum absolute atomic E-state index is 12.8. The molecule has 1 aromatic rings. The Bertz CT molecular complexity index is 671. The number of nitrogens with zero attached hydrogens (tertiary/aromatic N) is 1. The highest BCUT2D eigenvalue weighted by Gasteiger charge is 2.53. The summed E-state index contributed by atoms with van der Waals surface area (Å²) >= 11 is 0. The number of hydrogen-bond donors (Lipinski definition) is 3. The third kappa shape index (κ3) is 3.81. The molecular formula is C21H29N3O3. The van der Waals surface area contributed by atoms with Gasteiger partial charge in [0.2, 0.25) is 5.91 Å². The van der Waals surface area contributed by atoms with Gasteiger partial charge in [0, 0.05) is 24.4 Å². The van der Waals surface area contributed by atoms with Crippen molar-refractivity contribution in [3.05, 3.63) is 35.9 Å². The molecule has 2 saturated carbocycles. The number of amides is 3. The Hall–Kier alpha value is -2.08. The molecule has 2 aliphatic carbocycles. The molecule has 1 heterocycles. The van der Waals surface area contributed by atoms with Gasteiger partial charge in [-0.2, -0.15) is 0 Å². The van der Waals surface area contributed by atoms with E-state index in [1.54, 1.807) is 0 Å². The van der Waals surface area contributed by atoms with Crippen LogP contribution in [0.1, 0.15) is 50.0 Å². The molecule has 4 rings (SSSR count). The number of urea groups is 1. The zero-order valence-corrected chi connectivity index (χ0v) is 15.6. The third-order valence-electron chi connectivity index (χ3n) is 6.26. The van der Waals surface area contributed by atoms with Crippen molar-refractivity contribution in [2.45, 2.75) is 62.6 Å². The van der Waals surface area contributed by atoms with Crippen LogP contribution < -0.4 is 10.6 Å². The lowest BCUT2D eigenvalue weighted by Crippen LogP contribution is -2.69. The van der Waals surface area contributed by atoms with Crippen molar-refractivity contribution in [1.82, 2.24) is 15.5 Å². The minimum absolute atomic E-state index is 0.0469. The standard InChI is InChI=1S/C21H29N3O3/c25-13-18-19(14-6-2-1-3-7-14)17(24(18)20(26)15-10-11-15)12-22-21(27)23-16-8-4-5-9-16/h1-3,6-7,15-19,25H,4-5,8-13H2,(H2,22,23,27)/t17-,18+,19-/m0/s1. The van der Waals surface area contributed by atoms with E-state index in [-0.39, 0.29) is 48.5 Å². The Kier molecular flexibility index (Phi) is 5.34. The molecule has 3 aliphatic rings. The lowest BCUT2D eigenvalue weighted by Gasteiger charge is -2.55. The quantitative estimate of drug-likeness (QED) is 0.715. The van der Waals surface area contributed by atoms with E-state index in [2.05, 4.69) is 10.6 Å². The van der Waals surface area contributed by atoms with Gasteiger partial charge in [0.05, 0.1) is 18.7 Å². The van der Waals surface area contributed by atoms with Crippen molar-refractivity contribution in [1.29, 1.82) is 0 Å².